The Morgan fingerprint density at radius 2 is 1.88 bits per heavy atom. The summed E-state index contributed by atoms with van der Waals surface area (Å²) in [6, 6.07) is 0.408. The summed E-state index contributed by atoms with van der Waals surface area (Å²) in [7, 11) is 0. The van der Waals surface area contributed by atoms with E-state index in [4.69, 9.17) is 5.11 Å². The number of aliphatic hydroxyl groups is 1. The van der Waals surface area contributed by atoms with Crippen molar-refractivity contribution >= 4 is 5.91 Å². The van der Waals surface area contributed by atoms with Crippen molar-refractivity contribution < 1.29 is 9.90 Å². The number of aliphatic hydroxyl groups excluding tert-OH is 1. The van der Waals surface area contributed by atoms with Gasteiger partial charge in [-0.3, -0.25) is 4.79 Å². The smallest absolute Gasteiger partial charge is 0.226 e. The van der Waals surface area contributed by atoms with E-state index < -0.39 is 0 Å². The van der Waals surface area contributed by atoms with Crippen LogP contribution < -0.4 is 0 Å². The number of amides is 1. The van der Waals surface area contributed by atoms with Crippen molar-refractivity contribution in [2.45, 2.75) is 64.8 Å². The van der Waals surface area contributed by atoms with Gasteiger partial charge in [-0.2, -0.15) is 0 Å². The van der Waals surface area contributed by atoms with Crippen molar-refractivity contribution in [3.8, 4) is 0 Å². The number of rotatable bonds is 8. The molecule has 0 aromatic carbocycles. The summed E-state index contributed by atoms with van der Waals surface area (Å²) >= 11 is 0. The lowest BCUT2D eigenvalue weighted by Crippen LogP contribution is -2.48. The second-order valence-corrected chi connectivity index (χ2v) is 5.11. The molecule has 0 aromatic rings. The number of hydrogen-bond acceptors (Lipinski definition) is 2. The van der Waals surface area contributed by atoms with Crippen LogP contribution >= 0.6 is 0 Å². The van der Waals surface area contributed by atoms with Crippen LogP contribution in [0.1, 0.15) is 58.8 Å². The summed E-state index contributed by atoms with van der Waals surface area (Å²) < 4.78 is 0. The molecule has 1 N–H and O–H groups in total. The third-order valence-corrected chi connectivity index (χ3v) is 3.76. The van der Waals surface area contributed by atoms with E-state index in [1.165, 1.54) is 6.42 Å². The highest BCUT2D eigenvalue weighted by Gasteiger charge is 2.31. The first kappa shape index (κ1) is 14.5. The zero-order chi connectivity index (χ0) is 12.7. The lowest BCUT2D eigenvalue weighted by molar-refractivity contribution is -0.140. The Hall–Kier alpha value is -0.570. The molecule has 1 fully saturated rings. The van der Waals surface area contributed by atoms with Crippen molar-refractivity contribution in [1.82, 2.24) is 4.90 Å². The summed E-state index contributed by atoms with van der Waals surface area (Å²) in [5.41, 5.74) is 0. The minimum absolute atomic E-state index is 0.0905. The van der Waals surface area contributed by atoms with Crippen LogP contribution in [-0.4, -0.2) is 35.1 Å². The third-order valence-electron chi connectivity index (χ3n) is 3.76. The van der Waals surface area contributed by atoms with E-state index in [0.717, 1.165) is 38.5 Å². The van der Waals surface area contributed by atoms with Crippen molar-refractivity contribution in [2.75, 3.05) is 13.2 Å². The maximum Gasteiger partial charge on any atom is 0.226 e. The van der Waals surface area contributed by atoms with Gasteiger partial charge in [-0.05, 0) is 32.1 Å². The van der Waals surface area contributed by atoms with Gasteiger partial charge >= 0.3 is 0 Å². The first-order valence-corrected chi connectivity index (χ1v) is 7.15. The molecule has 3 heteroatoms. The normalized spacial score (nSPS) is 16.0. The molecule has 1 aliphatic rings. The highest BCUT2D eigenvalue weighted by Crippen LogP contribution is 2.27. The van der Waals surface area contributed by atoms with E-state index in [9.17, 15) is 4.79 Å². The van der Waals surface area contributed by atoms with Crippen LogP contribution in [0.15, 0.2) is 0 Å². The van der Waals surface area contributed by atoms with E-state index in [-0.39, 0.29) is 18.4 Å². The van der Waals surface area contributed by atoms with Gasteiger partial charge in [0.2, 0.25) is 5.91 Å². The van der Waals surface area contributed by atoms with E-state index in [2.05, 4.69) is 13.8 Å². The van der Waals surface area contributed by atoms with E-state index in [0.29, 0.717) is 12.6 Å². The zero-order valence-corrected chi connectivity index (χ0v) is 11.3. The predicted octanol–water partition coefficient (Wildman–Crippen LogP) is 2.58. The second kappa shape index (κ2) is 7.70. The van der Waals surface area contributed by atoms with Crippen LogP contribution in [0.25, 0.3) is 0 Å². The van der Waals surface area contributed by atoms with Gasteiger partial charge in [-0.25, -0.2) is 0 Å². The van der Waals surface area contributed by atoms with Gasteiger partial charge in [0.25, 0.3) is 0 Å². The maximum absolute atomic E-state index is 12.5. The topological polar surface area (TPSA) is 40.5 Å². The molecule has 3 nitrogen and oxygen atoms in total. The molecule has 0 spiro atoms. The second-order valence-electron chi connectivity index (χ2n) is 5.11. The Kier molecular flexibility index (Phi) is 6.56. The Bertz CT molecular complexity index is 220. The first-order chi connectivity index (χ1) is 8.24. The summed E-state index contributed by atoms with van der Waals surface area (Å²) in [4.78, 5) is 14.4. The van der Waals surface area contributed by atoms with Gasteiger partial charge < -0.3 is 10.0 Å². The molecule has 0 saturated heterocycles. The van der Waals surface area contributed by atoms with Gasteiger partial charge in [-0.1, -0.05) is 26.7 Å². The lowest BCUT2D eigenvalue weighted by atomic mass is 9.89. The fourth-order valence-electron chi connectivity index (χ4n) is 2.60. The van der Waals surface area contributed by atoms with Gasteiger partial charge in [0.05, 0.1) is 6.61 Å². The van der Waals surface area contributed by atoms with Gasteiger partial charge in [0.15, 0.2) is 0 Å². The van der Waals surface area contributed by atoms with Gasteiger partial charge in [-0.15, -0.1) is 0 Å². The molecule has 0 heterocycles. The molecule has 0 bridgehead atoms. The molecule has 1 aliphatic carbocycles. The van der Waals surface area contributed by atoms with Gasteiger partial charge in [0.1, 0.15) is 0 Å². The Morgan fingerprint density at radius 1 is 1.29 bits per heavy atom. The van der Waals surface area contributed by atoms with Crippen molar-refractivity contribution in [3.63, 3.8) is 0 Å². The Labute approximate surface area is 105 Å². The molecular formula is C14H27NO2. The molecular weight excluding hydrogens is 214 g/mol. The highest BCUT2D eigenvalue weighted by molar-refractivity contribution is 5.79. The molecule has 1 rings (SSSR count). The fraction of sp³-hybridized carbons (Fsp3) is 0.929. The number of carbonyl (C=O) groups is 1. The van der Waals surface area contributed by atoms with Crippen molar-refractivity contribution in [1.29, 1.82) is 0 Å². The average molecular weight is 241 g/mol. The Balaban J connectivity index is 2.58. The molecule has 0 aliphatic heterocycles. The summed E-state index contributed by atoms with van der Waals surface area (Å²) in [6.07, 6.45) is 7.57. The van der Waals surface area contributed by atoms with Gasteiger partial charge in [0, 0.05) is 18.5 Å². The lowest BCUT2D eigenvalue weighted by Gasteiger charge is -2.39. The van der Waals surface area contributed by atoms with Crippen LogP contribution in [-0.2, 0) is 4.79 Å². The number of carbonyl (C=O) groups excluding carboxylic acids is 1. The van der Waals surface area contributed by atoms with Crippen molar-refractivity contribution in [3.05, 3.63) is 0 Å². The maximum atomic E-state index is 12.5. The summed E-state index contributed by atoms with van der Waals surface area (Å²) in [5.74, 6) is 0.463. The molecule has 0 radical (unpaired) electrons. The molecule has 1 amide bonds. The molecule has 0 aromatic heterocycles. The standard InChI is InChI=1S/C14H27NO2/c1-3-6-12(7-4-2)14(17)15(10-11-16)13-8-5-9-13/h12-13,16H,3-11H2,1-2H3. The zero-order valence-electron chi connectivity index (χ0n) is 11.3. The molecule has 0 unspecified atom stereocenters. The number of nitrogens with zero attached hydrogens (tertiary/aromatic N) is 1. The predicted molar refractivity (Wildman–Crippen MR) is 69.7 cm³/mol. The minimum Gasteiger partial charge on any atom is -0.395 e. The van der Waals surface area contributed by atoms with E-state index in [1.807, 2.05) is 4.90 Å². The highest BCUT2D eigenvalue weighted by atomic mass is 16.3. The largest absolute Gasteiger partial charge is 0.395 e. The molecule has 1 saturated carbocycles. The molecule has 100 valence electrons. The van der Waals surface area contributed by atoms with Crippen LogP contribution in [0.3, 0.4) is 0 Å². The fourth-order valence-corrected chi connectivity index (χ4v) is 2.60. The minimum atomic E-state index is 0.0905. The summed E-state index contributed by atoms with van der Waals surface area (Å²) in [5, 5.41) is 9.10. The average Bonchev–Trinajstić information content (AvgIpc) is 2.25. The SMILES string of the molecule is CCCC(CCC)C(=O)N(CCO)C1CCC1. The van der Waals surface area contributed by atoms with E-state index in [1.54, 1.807) is 0 Å². The third kappa shape index (κ3) is 3.98. The number of hydrogen-bond donors (Lipinski definition) is 1. The summed E-state index contributed by atoms with van der Waals surface area (Å²) in [6.45, 7) is 4.88. The van der Waals surface area contributed by atoms with Crippen LogP contribution in [0.2, 0.25) is 0 Å². The first-order valence-electron chi connectivity index (χ1n) is 7.15. The van der Waals surface area contributed by atoms with Crippen molar-refractivity contribution in [2.24, 2.45) is 5.92 Å². The molecule has 0 atom stereocenters. The van der Waals surface area contributed by atoms with Crippen LogP contribution in [0.5, 0.6) is 0 Å². The van der Waals surface area contributed by atoms with E-state index >= 15 is 0 Å². The van der Waals surface area contributed by atoms with Crippen LogP contribution in [0.4, 0.5) is 0 Å². The molecule has 17 heavy (non-hydrogen) atoms. The quantitative estimate of drug-likeness (QED) is 0.709. The van der Waals surface area contributed by atoms with Crippen LogP contribution in [0, 0.1) is 5.92 Å². The monoisotopic (exact) mass is 241 g/mol. The Morgan fingerprint density at radius 3 is 2.24 bits per heavy atom.